The van der Waals surface area contributed by atoms with Crippen LogP contribution in [0.3, 0.4) is 0 Å². The molecule has 3 aromatic rings. The highest BCUT2D eigenvalue weighted by Crippen LogP contribution is 2.29. The van der Waals surface area contributed by atoms with E-state index in [4.69, 9.17) is 0 Å². The number of unbranched alkanes of at least 4 members (excludes halogenated alkanes) is 1. The van der Waals surface area contributed by atoms with Gasteiger partial charge in [0.1, 0.15) is 23.7 Å². The first-order chi connectivity index (χ1) is 18.5. The first kappa shape index (κ1) is 28.1. The number of anilines is 2. The smallest absolute Gasteiger partial charge is 0.137 e. The SMILES string of the molecule is CCCCc1cccc(-c2cc(Nc3ccc(CC(=O)CCC)cc3)cc(F)cccc(C#N)c2C#N)c1. The molecule has 0 aliphatic heterocycles. The van der Waals surface area contributed by atoms with Crippen molar-refractivity contribution in [2.45, 2.75) is 52.4 Å². The normalized spacial score (nSPS) is 10.1. The van der Waals surface area contributed by atoms with E-state index < -0.39 is 5.82 Å². The summed E-state index contributed by atoms with van der Waals surface area (Å²) in [6.07, 6.45) is 4.77. The first-order valence-electron chi connectivity index (χ1n) is 13.0. The number of halogens is 1. The highest BCUT2D eigenvalue weighted by atomic mass is 19.1. The van der Waals surface area contributed by atoms with Gasteiger partial charge in [-0.3, -0.25) is 4.79 Å². The van der Waals surface area contributed by atoms with Crippen molar-refractivity contribution < 1.29 is 9.18 Å². The quantitative estimate of drug-likeness (QED) is 0.300. The molecule has 0 amide bonds. The highest BCUT2D eigenvalue weighted by Gasteiger charge is 2.11. The lowest BCUT2D eigenvalue weighted by Gasteiger charge is -2.11. The molecule has 192 valence electrons. The number of Topliss-reactive ketones (excluding diaryl/α,β-unsaturated/α-hetero) is 1. The molecule has 0 heterocycles. The second-order valence-corrected chi connectivity index (χ2v) is 9.17. The van der Waals surface area contributed by atoms with E-state index in [2.05, 4.69) is 24.4 Å². The van der Waals surface area contributed by atoms with Gasteiger partial charge in [0.15, 0.2) is 0 Å². The van der Waals surface area contributed by atoms with Crippen molar-refractivity contribution in [2.24, 2.45) is 0 Å². The summed E-state index contributed by atoms with van der Waals surface area (Å²) in [5, 5.41) is 23.1. The molecular weight excluding hydrogens is 473 g/mol. The molecular formula is C33H32FN3O. The van der Waals surface area contributed by atoms with Gasteiger partial charge in [-0.05, 0) is 72.4 Å². The molecule has 0 aliphatic rings. The van der Waals surface area contributed by atoms with E-state index >= 15 is 0 Å². The fourth-order valence-corrected chi connectivity index (χ4v) is 4.19. The topological polar surface area (TPSA) is 76.7 Å². The Hall–Kier alpha value is -4.48. The van der Waals surface area contributed by atoms with E-state index in [0.29, 0.717) is 29.8 Å². The molecule has 0 atom stereocenters. The maximum Gasteiger partial charge on any atom is 0.137 e. The fourth-order valence-electron chi connectivity index (χ4n) is 4.19. The van der Waals surface area contributed by atoms with Gasteiger partial charge in [-0.2, -0.15) is 10.5 Å². The van der Waals surface area contributed by atoms with Crippen molar-refractivity contribution >= 4 is 17.2 Å². The Bertz CT molecular complexity index is 1410. The third-order valence-electron chi connectivity index (χ3n) is 6.11. The zero-order valence-electron chi connectivity index (χ0n) is 21.9. The van der Waals surface area contributed by atoms with E-state index in [1.807, 2.05) is 55.5 Å². The standard InChI is InChI=1S/C33H32FN3O/c1-3-5-9-24-10-6-11-26(18-24)32-21-30(20-28(34)13-7-12-27(22-35)33(32)23-36)37-29-16-14-25(15-17-29)19-31(38)8-4-2/h6-7,10-18,20-21,37H,3-5,8-9,19H2,1-2H3. The number of hydrogen-bond acceptors (Lipinski definition) is 4. The summed E-state index contributed by atoms with van der Waals surface area (Å²) in [4.78, 5) is 12.0. The Morgan fingerprint density at radius 2 is 1.61 bits per heavy atom. The van der Waals surface area contributed by atoms with Gasteiger partial charge in [-0.1, -0.05) is 62.7 Å². The lowest BCUT2D eigenvalue weighted by atomic mass is 9.95. The summed E-state index contributed by atoms with van der Waals surface area (Å²) < 4.78 is 14.8. The van der Waals surface area contributed by atoms with Gasteiger partial charge in [-0.25, -0.2) is 4.39 Å². The molecule has 0 radical (unpaired) electrons. The molecule has 4 nitrogen and oxygen atoms in total. The number of nitrogens with one attached hydrogen (secondary N) is 1. The predicted octanol–water partition coefficient (Wildman–Crippen LogP) is 8.36. The number of hydrogen-bond donors (Lipinski definition) is 1. The summed E-state index contributed by atoms with van der Waals surface area (Å²) in [6, 6.07) is 26.8. The minimum atomic E-state index is -0.504. The number of ketones is 1. The number of nitrogens with zero attached hydrogens (tertiary/aromatic N) is 2. The van der Waals surface area contributed by atoms with E-state index in [9.17, 15) is 19.7 Å². The van der Waals surface area contributed by atoms with Crippen LogP contribution in [0.15, 0.2) is 78.9 Å². The number of aryl methyl sites for hydroxylation is 1. The van der Waals surface area contributed by atoms with Crippen molar-refractivity contribution in [3.05, 3.63) is 107 Å². The van der Waals surface area contributed by atoms with Crippen LogP contribution in [-0.4, -0.2) is 5.78 Å². The Labute approximate surface area is 224 Å². The molecule has 0 aromatic heterocycles. The van der Waals surface area contributed by atoms with Crippen molar-refractivity contribution in [2.75, 3.05) is 5.32 Å². The van der Waals surface area contributed by atoms with Crippen LogP contribution < -0.4 is 5.32 Å². The minimum absolute atomic E-state index is 0.157. The van der Waals surface area contributed by atoms with Crippen LogP contribution in [0, 0.1) is 28.5 Å². The number of carbonyl (C=O) groups excluding carboxylic acids is 1. The van der Waals surface area contributed by atoms with Gasteiger partial charge >= 0.3 is 0 Å². The summed E-state index contributed by atoms with van der Waals surface area (Å²) in [6.45, 7) is 4.12. The van der Waals surface area contributed by atoms with Gasteiger partial charge in [0.2, 0.25) is 0 Å². The number of rotatable bonds is 10. The Morgan fingerprint density at radius 1 is 0.842 bits per heavy atom. The molecule has 0 fully saturated rings. The summed E-state index contributed by atoms with van der Waals surface area (Å²) in [5.74, 6) is -0.308. The average molecular weight is 506 g/mol. The molecule has 0 saturated heterocycles. The first-order valence-corrected chi connectivity index (χ1v) is 13.0. The zero-order chi connectivity index (χ0) is 27.3. The van der Waals surface area contributed by atoms with Gasteiger partial charge in [0, 0.05) is 29.8 Å². The minimum Gasteiger partial charge on any atom is -0.355 e. The summed E-state index contributed by atoms with van der Waals surface area (Å²) in [5.41, 5.74) is 4.85. The molecule has 0 unspecified atom stereocenters. The summed E-state index contributed by atoms with van der Waals surface area (Å²) >= 11 is 0. The Kier molecular flexibility index (Phi) is 10.6. The molecule has 0 aliphatic carbocycles. The maximum atomic E-state index is 14.8. The van der Waals surface area contributed by atoms with Crippen LogP contribution in [0.25, 0.3) is 11.1 Å². The van der Waals surface area contributed by atoms with Crippen LogP contribution in [-0.2, 0) is 17.6 Å². The number of benzene rings is 2. The third-order valence-corrected chi connectivity index (χ3v) is 6.11. The lowest BCUT2D eigenvalue weighted by molar-refractivity contribution is -0.118. The van der Waals surface area contributed by atoms with Gasteiger partial charge in [0.25, 0.3) is 0 Å². The van der Waals surface area contributed by atoms with Crippen LogP contribution in [0.1, 0.15) is 61.8 Å². The average Bonchev–Trinajstić information content (AvgIpc) is 2.91. The van der Waals surface area contributed by atoms with E-state index in [1.54, 1.807) is 6.07 Å². The molecule has 1 N–H and O–H groups in total. The molecule has 38 heavy (non-hydrogen) atoms. The van der Waals surface area contributed by atoms with Gasteiger partial charge < -0.3 is 5.32 Å². The monoisotopic (exact) mass is 505 g/mol. The van der Waals surface area contributed by atoms with Crippen molar-refractivity contribution in [1.82, 2.24) is 0 Å². The van der Waals surface area contributed by atoms with Gasteiger partial charge in [-0.15, -0.1) is 0 Å². The molecule has 0 saturated carbocycles. The predicted molar refractivity (Wildman–Crippen MR) is 151 cm³/mol. The molecule has 0 spiro atoms. The zero-order valence-corrected chi connectivity index (χ0v) is 21.9. The second-order valence-electron chi connectivity index (χ2n) is 9.17. The Balaban J connectivity index is 2.14. The van der Waals surface area contributed by atoms with Crippen molar-refractivity contribution in [3.8, 4) is 23.3 Å². The number of nitriles is 2. The van der Waals surface area contributed by atoms with Crippen molar-refractivity contribution in [1.29, 1.82) is 10.5 Å². The van der Waals surface area contributed by atoms with E-state index in [-0.39, 0.29) is 16.9 Å². The van der Waals surface area contributed by atoms with Gasteiger partial charge in [0.05, 0.1) is 11.1 Å². The third kappa shape index (κ3) is 8.02. The van der Waals surface area contributed by atoms with Crippen molar-refractivity contribution in [3.63, 3.8) is 0 Å². The van der Waals surface area contributed by atoms with E-state index in [1.165, 1.54) is 24.3 Å². The number of carbonyl (C=O) groups is 1. The van der Waals surface area contributed by atoms with Crippen LogP contribution in [0.4, 0.5) is 15.8 Å². The fraction of sp³-hybridized carbons (Fsp3) is 0.242. The molecule has 3 aromatic carbocycles. The van der Waals surface area contributed by atoms with Crippen LogP contribution in [0.5, 0.6) is 0 Å². The highest BCUT2D eigenvalue weighted by molar-refractivity contribution is 5.81. The van der Waals surface area contributed by atoms with Crippen LogP contribution >= 0.6 is 0 Å². The second kappa shape index (κ2) is 14.3. The maximum absolute atomic E-state index is 14.8. The largest absolute Gasteiger partial charge is 0.355 e. The lowest BCUT2D eigenvalue weighted by Crippen LogP contribution is -2.01. The van der Waals surface area contributed by atoms with Crippen LogP contribution in [0.2, 0.25) is 0 Å². The molecule has 5 heteroatoms. The summed E-state index contributed by atoms with van der Waals surface area (Å²) in [7, 11) is 0. The Morgan fingerprint density at radius 3 is 2.29 bits per heavy atom. The molecule has 0 bridgehead atoms. The molecule has 3 rings (SSSR count). The van der Waals surface area contributed by atoms with E-state index in [0.717, 1.165) is 42.4 Å².